The number of carbonyl (C=O) groups is 1. The van der Waals surface area contributed by atoms with E-state index in [1.54, 1.807) is 12.1 Å². The Labute approximate surface area is 177 Å². The van der Waals surface area contributed by atoms with E-state index >= 15 is 0 Å². The van der Waals surface area contributed by atoms with Crippen molar-refractivity contribution in [1.82, 2.24) is 15.5 Å². The van der Waals surface area contributed by atoms with Gasteiger partial charge in [-0.1, -0.05) is 42.0 Å². The molecule has 0 aliphatic rings. The second-order valence-corrected chi connectivity index (χ2v) is 6.60. The van der Waals surface area contributed by atoms with E-state index in [4.69, 9.17) is 9.47 Å². The Balaban J connectivity index is 1.41. The van der Waals surface area contributed by atoms with Crippen LogP contribution in [0.15, 0.2) is 60.7 Å². The Bertz CT molecular complexity index is 1010. The first-order valence-electron chi connectivity index (χ1n) is 9.42. The summed E-state index contributed by atoms with van der Waals surface area (Å²) in [5.41, 5.74) is 1.86. The summed E-state index contributed by atoms with van der Waals surface area (Å²) in [5, 5.41) is 10.6. The van der Waals surface area contributed by atoms with Gasteiger partial charge in [-0.15, -0.1) is 10.2 Å². The lowest BCUT2D eigenvalue weighted by Gasteiger charge is -2.13. The summed E-state index contributed by atoms with van der Waals surface area (Å²) in [6, 6.07) is 16.0. The van der Waals surface area contributed by atoms with Crippen LogP contribution in [-0.2, 0) is 11.0 Å². The third-order valence-corrected chi connectivity index (χ3v) is 4.21. The first-order chi connectivity index (χ1) is 14.8. The SMILES string of the molecule is Cc1ccc(-c2ccc(OCCNC(=O)COc3ccccc3C(F)(F)F)nn2)cc1. The average molecular weight is 431 g/mol. The van der Waals surface area contributed by atoms with Crippen LogP contribution in [0.25, 0.3) is 11.3 Å². The third kappa shape index (κ3) is 6.43. The Morgan fingerprint density at radius 2 is 1.71 bits per heavy atom. The summed E-state index contributed by atoms with van der Waals surface area (Å²) in [6.45, 7) is 1.70. The zero-order valence-electron chi connectivity index (χ0n) is 16.6. The van der Waals surface area contributed by atoms with Crippen LogP contribution in [0.1, 0.15) is 11.1 Å². The number of hydrogen-bond donors (Lipinski definition) is 1. The highest BCUT2D eigenvalue weighted by Crippen LogP contribution is 2.35. The highest BCUT2D eigenvalue weighted by atomic mass is 19.4. The molecule has 1 N–H and O–H groups in total. The van der Waals surface area contributed by atoms with Crippen molar-refractivity contribution in [2.45, 2.75) is 13.1 Å². The van der Waals surface area contributed by atoms with Crippen molar-refractivity contribution < 1.29 is 27.4 Å². The molecule has 31 heavy (non-hydrogen) atoms. The van der Waals surface area contributed by atoms with E-state index in [2.05, 4.69) is 15.5 Å². The number of para-hydroxylation sites is 1. The Morgan fingerprint density at radius 3 is 2.39 bits per heavy atom. The number of nitrogens with one attached hydrogen (secondary N) is 1. The van der Waals surface area contributed by atoms with Crippen LogP contribution in [0.4, 0.5) is 13.2 Å². The van der Waals surface area contributed by atoms with Gasteiger partial charge in [0.05, 0.1) is 17.8 Å². The van der Waals surface area contributed by atoms with E-state index < -0.39 is 30.0 Å². The largest absolute Gasteiger partial charge is 0.483 e. The molecule has 0 saturated heterocycles. The summed E-state index contributed by atoms with van der Waals surface area (Å²) in [6.07, 6.45) is -4.56. The van der Waals surface area contributed by atoms with Gasteiger partial charge < -0.3 is 14.8 Å². The van der Waals surface area contributed by atoms with Crippen molar-refractivity contribution in [3.8, 4) is 22.9 Å². The number of aromatic nitrogens is 2. The molecule has 0 saturated carbocycles. The number of hydrogen-bond acceptors (Lipinski definition) is 5. The molecule has 1 aromatic heterocycles. The lowest BCUT2D eigenvalue weighted by molar-refractivity contribution is -0.139. The summed E-state index contributed by atoms with van der Waals surface area (Å²) < 4.78 is 49.2. The van der Waals surface area contributed by atoms with Crippen molar-refractivity contribution in [2.24, 2.45) is 0 Å². The van der Waals surface area contributed by atoms with Crippen LogP contribution in [0, 0.1) is 6.92 Å². The lowest BCUT2D eigenvalue weighted by atomic mass is 10.1. The van der Waals surface area contributed by atoms with Crippen LogP contribution >= 0.6 is 0 Å². The number of halogens is 3. The standard InChI is InChI=1S/C22H20F3N3O3/c1-15-6-8-16(9-7-15)18-10-11-21(28-27-18)30-13-12-26-20(29)14-31-19-5-3-2-4-17(19)22(23,24)25/h2-11H,12-14H2,1H3,(H,26,29). The van der Waals surface area contributed by atoms with E-state index in [0.29, 0.717) is 11.6 Å². The second kappa shape index (κ2) is 9.92. The van der Waals surface area contributed by atoms with Gasteiger partial charge in [-0.05, 0) is 25.1 Å². The zero-order valence-corrected chi connectivity index (χ0v) is 16.6. The van der Waals surface area contributed by atoms with E-state index in [-0.39, 0.29) is 13.2 Å². The quantitative estimate of drug-likeness (QED) is 0.545. The molecular weight excluding hydrogens is 411 g/mol. The van der Waals surface area contributed by atoms with Crippen molar-refractivity contribution >= 4 is 5.91 Å². The molecule has 3 rings (SSSR count). The van der Waals surface area contributed by atoms with E-state index in [1.165, 1.54) is 12.1 Å². The minimum Gasteiger partial charge on any atom is -0.483 e. The highest BCUT2D eigenvalue weighted by molar-refractivity contribution is 5.77. The number of ether oxygens (including phenoxy) is 2. The molecule has 0 fully saturated rings. The molecular formula is C22H20F3N3O3. The Kier molecular flexibility index (Phi) is 7.07. The van der Waals surface area contributed by atoms with Crippen molar-refractivity contribution in [1.29, 1.82) is 0 Å². The first-order valence-corrected chi connectivity index (χ1v) is 9.42. The molecule has 0 spiro atoms. The van der Waals surface area contributed by atoms with Crippen LogP contribution in [0.5, 0.6) is 11.6 Å². The lowest BCUT2D eigenvalue weighted by Crippen LogP contribution is -2.32. The number of amides is 1. The number of aryl methyl sites for hydroxylation is 1. The van der Waals surface area contributed by atoms with Crippen LogP contribution in [-0.4, -0.2) is 35.9 Å². The molecule has 0 aliphatic heterocycles. The van der Waals surface area contributed by atoms with Gasteiger partial charge in [-0.25, -0.2) is 0 Å². The molecule has 162 valence electrons. The molecule has 6 nitrogen and oxygen atoms in total. The van der Waals surface area contributed by atoms with Gasteiger partial charge in [-0.3, -0.25) is 4.79 Å². The van der Waals surface area contributed by atoms with Gasteiger partial charge in [0.2, 0.25) is 5.88 Å². The predicted octanol–water partition coefficient (Wildman–Crippen LogP) is 4.04. The average Bonchev–Trinajstić information content (AvgIpc) is 2.76. The molecule has 3 aromatic rings. The molecule has 0 atom stereocenters. The maximum Gasteiger partial charge on any atom is 0.419 e. The summed E-state index contributed by atoms with van der Waals surface area (Å²) >= 11 is 0. The first kappa shape index (κ1) is 22.1. The predicted molar refractivity (Wildman–Crippen MR) is 108 cm³/mol. The molecule has 2 aromatic carbocycles. The number of alkyl halides is 3. The maximum absolute atomic E-state index is 12.9. The highest BCUT2D eigenvalue weighted by Gasteiger charge is 2.34. The Hall–Kier alpha value is -3.62. The molecule has 1 amide bonds. The Morgan fingerprint density at radius 1 is 0.968 bits per heavy atom. The molecule has 0 bridgehead atoms. The van der Waals surface area contributed by atoms with Crippen molar-refractivity contribution in [2.75, 3.05) is 19.8 Å². The van der Waals surface area contributed by atoms with Gasteiger partial charge >= 0.3 is 6.18 Å². The molecule has 0 aliphatic carbocycles. The number of carbonyl (C=O) groups excluding carboxylic acids is 1. The van der Waals surface area contributed by atoms with Gasteiger partial charge in [0.15, 0.2) is 6.61 Å². The molecule has 9 heteroatoms. The minimum atomic E-state index is -4.56. The van der Waals surface area contributed by atoms with E-state index in [0.717, 1.165) is 23.3 Å². The fourth-order valence-corrected chi connectivity index (χ4v) is 2.64. The molecule has 0 radical (unpaired) electrons. The number of rotatable bonds is 8. The van der Waals surface area contributed by atoms with Gasteiger partial charge in [0, 0.05) is 11.6 Å². The van der Waals surface area contributed by atoms with Crippen LogP contribution in [0.3, 0.4) is 0 Å². The second-order valence-electron chi connectivity index (χ2n) is 6.60. The maximum atomic E-state index is 12.9. The normalized spacial score (nSPS) is 11.1. The summed E-state index contributed by atoms with van der Waals surface area (Å²) in [5.74, 6) is -0.674. The smallest absolute Gasteiger partial charge is 0.419 e. The fraction of sp³-hybridized carbons (Fsp3) is 0.227. The van der Waals surface area contributed by atoms with E-state index in [9.17, 15) is 18.0 Å². The number of benzene rings is 2. The van der Waals surface area contributed by atoms with Gasteiger partial charge in [0.25, 0.3) is 5.91 Å². The van der Waals surface area contributed by atoms with Crippen molar-refractivity contribution in [3.63, 3.8) is 0 Å². The monoisotopic (exact) mass is 431 g/mol. The van der Waals surface area contributed by atoms with Crippen molar-refractivity contribution in [3.05, 3.63) is 71.8 Å². The fourth-order valence-electron chi connectivity index (χ4n) is 2.64. The zero-order chi connectivity index (χ0) is 22.3. The molecule has 0 unspecified atom stereocenters. The molecule has 1 heterocycles. The summed E-state index contributed by atoms with van der Waals surface area (Å²) in [4.78, 5) is 11.8. The van der Waals surface area contributed by atoms with E-state index in [1.807, 2.05) is 31.2 Å². The topological polar surface area (TPSA) is 73.3 Å². The van der Waals surface area contributed by atoms with Crippen LogP contribution < -0.4 is 14.8 Å². The minimum absolute atomic E-state index is 0.115. The van der Waals surface area contributed by atoms with Gasteiger partial charge in [0.1, 0.15) is 12.4 Å². The number of nitrogens with zero attached hydrogens (tertiary/aromatic N) is 2. The van der Waals surface area contributed by atoms with Crippen LogP contribution in [0.2, 0.25) is 0 Å². The summed E-state index contributed by atoms with van der Waals surface area (Å²) in [7, 11) is 0. The third-order valence-electron chi connectivity index (χ3n) is 4.21. The van der Waals surface area contributed by atoms with Gasteiger partial charge in [-0.2, -0.15) is 13.2 Å².